The van der Waals surface area contributed by atoms with Crippen LogP contribution >= 0.6 is 11.3 Å². The molecule has 3 heterocycles. The fourth-order valence-electron chi connectivity index (χ4n) is 3.39. The monoisotopic (exact) mass is 345 g/mol. The van der Waals surface area contributed by atoms with Crippen LogP contribution in [-0.4, -0.2) is 32.7 Å². The van der Waals surface area contributed by atoms with Gasteiger partial charge in [0.2, 0.25) is 5.91 Å². The number of aryl methyl sites for hydroxylation is 1. The molecule has 0 spiro atoms. The number of hydrogen-bond donors (Lipinski definition) is 0. The van der Waals surface area contributed by atoms with Gasteiger partial charge < -0.3 is 4.90 Å². The zero-order valence-electron chi connectivity index (χ0n) is 14.4. The fourth-order valence-corrected chi connectivity index (χ4v) is 4.22. The zero-order valence-corrected chi connectivity index (χ0v) is 15.2. The molecule has 2 aromatic heterocycles. The van der Waals surface area contributed by atoms with E-state index in [1.807, 2.05) is 24.0 Å². The van der Waals surface area contributed by atoms with Crippen LogP contribution in [-0.2, 0) is 11.3 Å². The molecule has 0 radical (unpaired) electrons. The van der Waals surface area contributed by atoms with Crippen molar-refractivity contribution in [3.8, 4) is 10.6 Å². The number of rotatable bonds is 3. The first-order valence-corrected chi connectivity index (χ1v) is 9.23. The summed E-state index contributed by atoms with van der Waals surface area (Å²) in [6, 6.07) is 7.68. The fraction of sp³-hybridized carbons (Fsp3) is 0.500. The van der Waals surface area contributed by atoms with Gasteiger partial charge in [0.05, 0.1) is 4.88 Å². The molecule has 0 saturated carbocycles. The van der Waals surface area contributed by atoms with Crippen LogP contribution < -0.4 is 5.56 Å². The van der Waals surface area contributed by atoms with Crippen molar-refractivity contribution in [2.45, 2.75) is 58.7 Å². The van der Waals surface area contributed by atoms with Crippen LogP contribution in [0.15, 0.2) is 29.1 Å². The molecule has 24 heavy (non-hydrogen) atoms. The summed E-state index contributed by atoms with van der Waals surface area (Å²) >= 11 is 1.63. The first-order chi connectivity index (χ1) is 11.5. The van der Waals surface area contributed by atoms with Gasteiger partial charge in [-0.2, -0.15) is 5.10 Å². The number of piperidine rings is 1. The number of thiophene rings is 1. The average molecular weight is 345 g/mol. The maximum Gasteiger partial charge on any atom is 0.267 e. The van der Waals surface area contributed by atoms with Crippen LogP contribution in [0, 0.1) is 6.92 Å². The van der Waals surface area contributed by atoms with E-state index in [2.05, 4.69) is 18.9 Å². The minimum Gasteiger partial charge on any atom is -0.336 e. The van der Waals surface area contributed by atoms with Crippen LogP contribution in [0.3, 0.4) is 0 Å². The molecule has 1 fully saturated rings. The average Bonchev–Trinajstić information content (AvgIpc) is 2.96. The predicted octanol–water partition coefficient (Wildman–Crippen LogP) is 3.07. The Bertz CT molecular complexity index is 786. The molecule has 0 N–H and O–H groups in total. The van der Waals surface area contributed by atoms with Crippen molar-refractivity contribution in [3.63, 3.8) is 0 Å². The topological polar surface area (TPSA) is 55.2 Å². The summed E-state index contributed by atoms with van der Waals surface area (Å²) in [5, 5.41) is 4.41. The minimum atomic E-state index is -0.238. The Labute approximate surface area is 145 Å². The van der Waals surface area contributed by atoms with Gasteiger partial charge in [-0.15, -0.1) is 11.3 Å². The summed E-state index contributed by atoms with van der Waals surface area (Å²) in [5.41, 5.74) is 0.498. The van der Waals surface area contributed by atoms with E-state index >= 15 is 0 Å². The summed E-state index contributed by atoms with van der Waals surface area (Å²) in [6.07, 6.45) is 3.19. The Balaban J connectivity index is 1.84. The lowest BCUT2D eigenvalue weighted by molar-refractivity contribution is -0.138. The van der Waals surface area contributed by atoms with Crippen molar-refractivity contribution >= 4 is 17.2 Å². The second-order valence-corrected chi connectivity index (χ2v) is 7.84. The van der Waals surface area contributed by atoms with Gasteiger partial charge in [0.15, 0.2) is 0 Å². The lowest BCUT2D eigenvalue weighted by atomic mass is 9.97. The molecular formula is C18H23N3O2S. The number of carbonyl (C=O) groups is 1. The number of hydrogen-bond acceptors (Lipinski definition) is 4. The van der Waals surface area contributed by atoms with Crippen molar-refractivity contribution in [2.75, 3.05) is 0 Å². The molecule has 5 nitrogen and oxygen atoms in total. The highest BCUT2D eigenvalue weighted by Gasteiger charge is 2.29. The van der Waals surface area contributed by atoms with Crippen LogP contribution in [0.5, 0.6) is 0 Å². The quantitative estimate of drug-likeness (QED) is 0.859. The second kappa shape index (κ2) is 6.89. The number of nitrogens with zero attached hydrogens (tertiary/aromatic N) is 3. The molecule has 0 bridgehead atoms. The Kier molecular flexibility index (Phi) is 4.85. The van der Waals surface area contributed by atoms with E-state index in [1.54, 1.807) is 17.4 Å². The van der Waals surface area contributed by atoms with Crippen LogP contribution in [0.2, 0.25) is 0 Å². The van der Waals surface area contributed by atoms with Crippen LogP contribution in [0.1, 0.15) is 38.0 Å². The third kappa shape index (κ3) is 3.43. The molecule has 1 amide bonds. The first-order valence-electron chi connectivity index (χ1n) is 8.42. The molecule has 0 unspecified atom stereocenters. The number of aromatic nitrogens is 2. The van der Waals surface area contributed by atoms with Crippen molar-refractivity contribution in [2.24, 2.45) is 0 Å². The molecule has 1 saturated heterocycles. The number of carbonyl (C=O) groups excluding carboxylic acids is 1. The molecule has 2 aromatic rings. The van der Waals surface area contributed by atoms with Crippen molar-refractivity contribution in [1.29, 1.82) is 0 Å². The van der Waals surface area contributed by atoms with E-state index in [0.29, 0.717) is 0 Å². The number of likely N-dealkylation sites (tertiary alicyclic amines) is 1. The zero-order chi connectivity index (χ0) is 17.3. The van der Waals surface area contributed by atoms with Gasteiger partial charge >= 0.3 is 0 Å². The molecule has 3 rings (SSSR count). The van der Waals surface area contributed by atoms with E-state index in [1.165, 1.54) is 15.6 Å². The van der Waals surface area contributed by atoms with Gasteiger partial charge in [0, 0.05) is 23.0 Å². The van der Waals surface area contributed by atoms with E-state index in [-0.39, 0.29) is 30.1 Å². The summed E-state index contributed by atoms with van der Waals surface area (Å²) in [6.45, 7) is 6.20. The van der Waals surface area contributed by atoms with Gasteiger partial charge in [-0.1, -0.05) is 0 Å². The molecular weight excluding hydrogens is 322 g/mol. The molecule has 1 aliphatic rings. The highest BCUT2D eigenvalue weighted by Crippen LogP contribution is 2.25. The Hall–Kier alpha value is -1.95. The van der Waals surface area contributed by atoms with Gasteiger partial charge in [0.25, 0.3) is 5.56 Å². The minimum absolute atomic E-state index is 0.00567. The lowest BCUT2D eigenvalue weighted by Crippen LogP contribution is -2.49. The second-order valence-electron chi connectivity index (χ2n) is 6.55. The highest BCUT2D eigenvalue weighted by molar-refractivity contribution is 7.15. The molecule has 2 atom stereocenters. The Morgan fingerprint density at radius 3 is 2.54 bits per heavy atom. The SMILES string of the molecule is Cc1ccc(-c2ccc(=O)n(CC(=O)N3[C@H](C)CCC[C@@H]3C)n2)s1. The standard InChI is InChI=1S/C18H23N3O2S/c1-12-5-4-6-13(2)21(12)18(23)11-20-17(22)10-8-15(19-20)16-9-7-14(3)24-16/h7-10,12-13H,4-6,11H2,1-3H3/t12-,13+. The van der Waals surface area contributed by atoms with Gasteiger partial charge in [-0.25, -0.2) is 4.68 Å². The third-order valence-corrected chi connectivity index (χ3v) is 5.65. The summed E-state index contributed by atoms with van der Waals surface area (Å²) < 4.78 is 1.29. The highest BCUT2D eigenvalue weighted by atomic mass is 32.1. The largest absolute Gasteiger partial charge is 0.336 e. The maximum absolute atomic E-state index is 12.7. The van der Waals surface area contributed by atoms with Gasteiger partial charge in [-0.05, 0) is 58.2 Å². The molecule has 128 valence electrons. The van der Waals surface area contributed by atoms with E-state index in [9.17, 15) is 9.59 Å². The van der Waals surface area contributed by atoms with Crippen molar-refractivity contribution in [3.05, 3.63) is 39.5 Å². The number of amides is 1. The van der Waals surface area contributed by atoms with Crippen molar-refractivity contribution < 1.29 is 4.79 Å². The van der Waals surface area contributed by atoms with Crippen LogP contribution in [0.25, 0.3) is 10.6 Å². The summed E-state index contributed by atoms with van der Waals surface area (Å²) in [7, 11) is 0. The van der Waals surface area contributed by atoms with E-state index < -0.39 is 0 Å². The molecule has 0 aromatic carbocycles. The van der Waals surface area contributed by atoms with Crippen LogP contribution in [0.4, 0.5) is 0 Å². The predicted molar refractivity (Wildman–Crippen MR) is 96.2 cm³/mol. The first kappa shape index (κ1) is 16.9. The smallest absolute Gasteiger partial charge is 0.267 e. The maximum atomic E-state index is 12.7. The van der Waals surface area contributed by atoms with E-state index in [0.717, 1.165) is 29.8 Å². The molecule has 0 aliphatic carbocycles. The molecule has 1 aliphatic heterocycles. The molecule has 6 heteroatoms. The Morgan fingerprint density at radius 2 is 1.92 bits per heavy atom. The van der Waals surface area contributed by atoms with Gasteiger partial charge in [0.1, 0.15) is 12.2 Å². The normalized spacial score (nSPS) is 21.0. The lowest BCUT2D eigenvalue weighted by Gasteiger charge is -2.39. The van der Waals surface area contributed by atoms with E-state index in [4.69, 9.17) is 0 Å². The summed E-state index contributed by atoms with van der Waals surface area (Å²) in [4.78, 5) is 29.0. The third-order valence-electron chi connectivity index (χ3n) is 4.63. The van der Waals surface area contributed by atoms with Gasteiger partial charge in [-0.3, -0.25) is 9.59 Å². The summed E-state index contributed by atoms with van der Waals surface area (Å²) in [5.74, 6) is -0.0242. The van der Waals surface area contributed by atoms with Crippen molar-refractivity contribution in [1.82, 2.24) is 14.7 Å². The Morgan fingerprint density at radius 1 is 1.21 bits per heavy atom.